The molecule has 0 unspecified atom stereocenters. The van der Waals surface area contributed by atoms with Gasteiger partial charge in [-0.2, -0.15) is 0 Å². The summed E-state index contributed by atoms with van der Waals surface area (Å²) < 4.78 is 0. The standard InChI is InChI=1S/C11H17N3/c1-11(5-2-6-11)14-8-10-4-3-9(12)7-13-10/h3-4,7,14H,2,5-6,8,12H2,1H3. The van der Waals surface area contributed by atoms with Crippen LogP contribution in [0.1, 0.15) is 31.9 Å². The van der Waals surface area contributed by atoms with Crippen LogP contribution in [-0.2, 0) is 6.54 Å². The molecule has 0 saturated heterocycles. The smallest absolute Gasteiger partial charge is 0.0543 e. The summed E-state index contributed by atoms with van der Waals surface area (Å²) >= 11 is 0. The van der Waals surface area contributed by atoms with Gasteiger partial charge in [0.25, 0.3) is 0 Å². The molecule has 0 amide bonds. The molecule has 0 aliphatic heterocycles. The highest BCUT2D eigenvalue weighted by molar-refractivity contribution is 5.34. The Morgan fingerprint density at radius 3 is 2.79 bits per heavy atom. The summed E-state index contributed by atoms with van der Waals surface area (Å²) in [4.78, 5) is 4.25. The predicted octanol–water partition coefficient (Wildman–Crippen LogP) is 1.70. The molecule has 1 heterocycles. The van der Waals surface area contributed by atoms with E-state index in [4.69, 9.17) is 5.73 Å². The van der Waals surface area contributed by atoms with Crippen molar-refractivity contribution in [1.29, 1.82) is 0 Å². The van der Waals surface area contributed by atoms with E-state index in [-0.39, 0.29) is 0 Å². The fourth-order valence-electron chi connectivity index (χ4n) is 1.73. The van der Waals surface area contributed by atoms with E-state index in [0.717, 1.165) is 17.9 Å². The van der Waals surface area contributed by atoms with Gasteiger partial charge in [0.1, 0.15) is 0 Å². The Labute approximate surface area is 84.7 Å². The molecule has 1 saturated carbocycles. The minimum absolute atomic E-state index is 0.350. The van der Waals surface area contributed by atoms with Crippen molar-refractivity contribution < 1.29 is 0 Å². The number of aromatic nitrogens is 1. The maximum absolute atomic E-state index is 5.56. The van der Waals surface area contributed by atoms with Gasteiger partial charge >= 0.3 is 0 Å². The Hall–Kier alpha value is -1.09. The second-order valence-corrected chi connectivity index (χ2v) is 4.35. The molecule has 14 heavy (non-hydrogen) atoms. The Morgan fingerprint density at radius 2 is 2.29 bits per heavy atom. The van der Waals surface area contributed by atoms with Crippen molar-refractivity contribution in [3.63, 3.8) is 0 Å². The molecule has 1 aromatic heterocycles. The number of nitrogens with one attached hydrogen (secondary N) is 1. The van der Waals surface area contributed by atoms with Gasteiger partial charge in [0.05, 0.1) is 17.6 Å². The number of nitrogens with two attached hydrogens (primary N) is 1. The molecule has 0 aromatic carbocycles. The number of hydrogen-bond donors (Lipinski definition) is 2. The summed E-state index contributed by atoms with van der Waals surface area (Å²) in [6.45, 7) is 3.12. The van der Waals surface area contributed by atoms with Crippen LogP contribution in [0.3, 0.4) is 0 Å². The zero-order valence-electron chi connectivity index (χ0n) is 8.59. The first-order chi connectivity index (χ1) is 6.68. The molecule has 3 N–H and O–H groups in total. The van der Waals surface area contributed by atoms with E-state index in [1.807, 2.05) is 12.1 Å². The maximum atomic E-state index is 5.56. The molecule has 76 valence electrons. The fourth-order valence-corrected chi connectivity index (χ4v) is 1.73. The molecule has 0 bridgehead atoms. The van der Waals surface area contributed by atoms with Gasteiger partial charge in [-0.05, 0) is 38.3 Å². The van der Waals surface area contributed by atoms with Crippen LogP contribution in [-0.4, -0.2) is 10.5 Å². The number of rotatable bonds is 3. The molecule has 0 spiro atoms. The van der Waals surface area contributed by atoms with E-state index < -0.39 is 0 Å². The van der Waals surface area contributed by atoms with Crippen molar-refractivity contribution in [2.75, 3.05) is 5.73 Å². The lowest BCUT2D eigenvalue weighted by molar-refractivity contribution is 0.206. The van der Waals surface area contributed by atoms with Gasteiger partial charge in [0.15, 0.2) is 0 Å². The van der Waals surface area contributed by atoms with Gasteiger partial charge < -0.3 is 11.1 Å². The van der Waals surface area contributed by atoms with Gasteiger partial charge in [-0.15, -0.1) is 0 Å². The molecule has 0 radical (unpaired) electrons. The van der Waals surface area contributed by atoms with E-state index in [1.165, 1.54) is 19.3 Å². The molecular formula is C11H17N3. The van der Waals surface area contributed by atoms with E-state index in [1.54, 1.807) is 6.20 Å². The number of nitrogen functional groups attached to an aromatic ring is 1. The highest BCUT2D eigenvalue weighted by Crippen LogP contribution is 2.31. The first kappa shape index (κ1) is 9.46. The summed E-state index contributed by atoms with van der Waals surface area (Å²) in [6, 6.07) is 3.87. The highest BCUT2D eigenvalue weighted by atomic mass is 15.0. The largest absolute Gasteiger partial charge is 0.397 e. The Balaban J connectivity index is 1.88. The molecule has 2 rings (SSSR count). The second-order valence-electron chi connectivity index (χ2n) is 4.35. The van der Waals surface area contributed by atoms with Crippen LogP contribution in [0.4, 0.5) is 5.69 Å². The minimum atomic E-state index is 0.350. The van der Waals surface area contributed by atoms with Crippen molar-refractivity contribution in [3.8, 4) is 0 Å². The fraction of sp³-hybridized carbons (Fsp3) is 0.545. The minimum Gasteiger partial charge on any atom is -0.397 e. The summed E-state index contributed by atoms with van der Waals surface area (Å²) in [5.41, 5.74) is 7.70. The average Bonchev–Trinajstić information content (AvgIpc) is 2.14. The van der Waals surface area contributed by atoms with Crippen molar-refractivity contribution in [3.05, 3.63) is 24.0 Å². The molecule has 0 atom stereocenters. The molecule has 3 nitrogen and oxygen atoms in total. The van der Waals surface area contributed by atoms with Crippen LogP contribution in [0, 0.1) is 0 Å². The van der Waals surface area contributed by atoms with Crippen molar-refractivity contribution in [2.45, 2.75) is 38.3 Å². The number of pyridine rings is 1. The van der Waals surface area contributed by atoms with Crippen LogP contribution in [0.15, 0.2) is 18.3 Å². The SMILES string of the molecule is CC1(NCc2ccc(N)cn2)CCC1. The monoisotopic (exact) mass is 191 g/mol. The number of hydrogen-bond acceptors (Lipinski definition) is 3. The van der Waals surface area contributed by atoms with Crippen molar-refractivity contribution in [2.24, 2.45) is 0 Å². The van der Waals surface area contributed by atoms with Gasteiger partial charge in [-0.3, -0.25) is 4.98 Å². The van der Waals surface area contributed by atoms with Crippen LogP contribution in [0.25, 0.3) is 0 Å². The van der Waals surface area contributed by atoms with Gasteiger partial charge in [-0.1, -0.05) is 0 Å². The lowest BCUT2D eigenvalue weighted by Crippen LogP contribution is -2.47. The van der Waals surface area contributed by atoms with E-state index in [2.05, 4.69) is 17.2 Å². The quantitative estimate of drug-likeness (QED) is 0.764. The van der Waals surface area contributed by atoms with Crippen LogP contribution in [0.2, 0.25) is 0 Å². The van der Waals surface area contributed by atoms with Gasteiger partial charge in [0, 0.05) is 12.1 Å². The molecule has 1 fully saturated rings. The average molecular weight is 191 g/mol. The first-order valence-electron chi connectivity index (χ1n) is 5.13. The Morgan fingerprint density at radius 1 is 1.50 bits per heavy atom. The summed E-state index contributed by atoms with van der Waals surface area (Å²) in [7, 11) is 0. The molecular weight excluding hydrogens is 174 g/mol. The first-order valence-corrected chi connectivity index (χ1v) is 5.13. The van der Waals surface area contributed by atoms with E-state index >= 15 is 0 Å². The van der Waals surface area contributed by atoms with Gasteiger partial charge in [0.2, 0.25) is 0 Å². The van der Waals surface area contributed by atoms with Crippen LogP contribution < -0.4 is 11.1 Å². The zero-order valence-corrected chi connectivity index (χ0v) is 8.59. The Bertz CT molecular complexity index is 301. The lowest BCUT2D eigenvalue weighted by atomic mass is 9.78. The van der Waals surface area contributed by atoms with E-state index in [9.17, 15) is 0 Å². The molecule has 3 heteroatoms. The van der Waals surface area contributed by atoms with E-state index in [0.29, 0.717) is 5.54 Å². The predicted molar refractivity (Wildman–Crippen MR) is 57.7 cm³/mol. The van der Waals surface area contributed by atoms with Crippen molar-refractivity contribution >= 4 is 5.69 Å². The molecule has 1 aliphatic carbocycles. The third-order valence-electron chi connectivity index (χ3n) is 3.00. The number of nitrogens with zero attached hydrogens (tertiary/aromatic N) is 1. The Kier molecular flexibility index (Phi) is 2.42. The number of anilines is 1. The normalized spacial score (nSPS) is 18.9. The summed E-state index contributed by atoms with van der Waals surface area (Å²) in [5, 5.41) is 3.53. The lowest BCUT2D eigenvalue weighted by Gasteiger charge is -2.39. The van der Waals surface area contributed by atoms with Crippen LogP contribution in [0.5, 0.6) is 0 Å². The summed E-state index contributed by atoms with van der Waals surface area (Å²) in [6.07, 6.45) is 5.61. The third kappa shape index (κ3) is 2.04. The highest BCUT2D eigenvalue weighted by Gasteiger charge is 2.30. The second kappa shape index (κ2) is 3.58. The maximum Gasteiger partial charge on any atom is 0.0543 e. The van der Waals surface area contributed by atoms with Crippen molar-refractivity contribution in [1.82, 2.24) is 10.3 Å². The molecule has 1 aliphatic rings. The van der Waals surface area contributed by atoms with Crippen LogP contribution >= 0.6 is 0 Å². The topological polar surface area (TPSA) is 50.9 Å². The summed E-state index contributed by atoms with van der Waals surface area (Å²) in [5.74, 6) is 0. The third-order valence-corrected chi connectivity index (χ3v) is 3.00. The zero-order chi connectivity index (χ0) is 10.0. The molecule has 1 aromatic rings. The van der Waals surface area contributed by atoms with Gasteiger partial charge in [-0.25, -0.2) is 0 Å².